The number of rotatable bonds is 6. The van der Waals surface area contributed by atoms with Crippen molar-refractivity contribution in [3.63, 3.8) is 0 Å². The molecular weight excluding hydrogens is 220 g/mol. The molecule has 2 atom stereocenters. The minimum Gasteiger partial charge on any atom is -0.309 e. The Labute approximate surface area is 111 Å². The van der Waals surface area contributed by atoms with E-state index in [0.717, 1.165) is 0 Å². The Morgan fingerprint density at radius 1 is 1.33 bits per heavy atom. The third-order valence-corrected chi connectivity index (χ3v) is 3.86. The van der Waals surface area contributed by atoms with Crippen molar-refractivity contribution in [3.8, 4) is 0 Å². The summed E-state index contributed by atoms with van der Waals surface area (Å²) in [5, 5.41) is 3.79. The van der Waals surface area contributed by atoms with Gasteiger partial charge in [-0.2, -0.15) is 0 Å². The van der Waals surface area contributed by atoms with Crippen LogP contribution in [0.1, 0.15) is 43.4 Å². The van der Waals surface area contributed by atoms with E-state index >= 15 is 0 Å². The SMILES string of the molecule is C[C@H](CCCN(C)C)N[C@H]1CCc2ccccc21. The lowest BCUT2D eigenvalue weighted by molar-refractivity contribution is 0.363. The second-order valence-corrected chi connectivity index (χ2v) is 5.80. The van der Waals surface area contributed by atoms with Gasteiger partial charge in [0.05, 0.1) is 0 Å². The van der Waals surface area contributed by atoms with Gasteiger partial charge in [0.25, 0.3) is 0 Å². The second kappa shape index (κ2) is 6.35. The number of nitrogens with zero attached hydrogens (tertiary/aromatic N) is 1. The van der Waals surface area contributed by atoms with Gasteiger partial charge >= 0.3 is 0 Å². The van der Waals surface area contributed by atoms with Crippen molar-refractivity contribution in [1.29, 1.82) is 0 Å². The normalized spacial score (nSPS) is 20.1. The van der Waals surface area contributed by atoms with Crippen LogP contribution in [0.5, 0.6) is 0 Å². The lowest BCUT2D eigenvalue weighted by Gasteiger charge is -2.21. The van der Waals surface area contributed by atoms with Crippen LogP contribution in [0.4, 0.5) is 0 Å². The van der Waals surface area contributed by atoms with E-state index < -0.39 is 0 Å². The molecule has 0 aliphatic heterocycles. The van der Waals surface area contributed by atoms with E-state index in [0.29, 0.717) is 12.1 Å². The molecule has 0 aromatic heterocycles. The highest BCUT2D eigenvalue weighted by molar-refractivity contribution is 5.34. The molecule has 100 valence electrons. The van der Waals surface area contributed by atoms with Gasteiger partial charge in [0, 0.05) is 12.1 Å². The summed E-state index contributed by atoms with van der Waals surface area (Å²) in [6, 6.07) is 10.1. The Kier molecular flexibility index (Phi) is 4.79. The van der Waals surface area contributed by atoms with E-state index in [-0.39, 0.29) is 0 Å². The predicted octanol–water partition coefficient (Wildman–Crippen LogP) is 2.99. The molecule has 0 heterocycles. The zero-order valence-electron chi connectivity index (χ0n) is 11.9. The molecule has 0 fully saturated rings. The zero-order valence-corrected chi connectivity index (χ0v) is 11.9. The summed E-state index contributed by atoms with van der Waals surface area (Å²) in [7, 11) is 4.29. The maximum Gasteiger partial charge on any atom is 0.0328 e. The Morgan fingerprint density at radius 2 is 2.11 bits per heavy atom. The van der Waals surface area contributed by atoms with Gasteiger partial charge in [-0.1, -0.05) is 24.3 Å². The average Bonchev–Trinajstić information content (AvgIpc) is 2.72. The molecule has 1 aliphatic rings. The van der Waals surface area contributed by atoms with Crippen LogP contribution in [0.25, 0.3) is 0 Å². The highest BCUT2D eigenvalue weighted by Crippen LogP contribution is 2.31. The summed E-state index contributed by atoms with van der Waals surface area (Å²) in [6.45, 7) is 3.50. The Balaban J connectivity index is 1.80. The molecule has 1 N–H and O–H groups in total. The van der Waals surface area contributed by atoms with E-state index in [1.54, 1.807) is 0 Å². The molecule has 2 rings (SSSR count). The van der Waals surface area contributed by atoms with Crippen LogP contribution in [-0.2, 0) is 6.42 Å². The van der Waals surface area contributed by atoms with Gasteiger partial charge in [-0.3, -0.25) is 0 Å². The minimum atomic E-state index is 0.579. The summed E-state index contributed by atoms with van der Waals surface area (Å²) < 4.78 is 0. The number of nitrogens with one attached hydrogen (secondary N) is 1. The van der Waals surface area contributed by atoms with Crippen LogP contribution in [0.2, 0.25) is 0 Å². The lowest BCUT2D eigenvalue weighted by Crippen LogP contribution is -2.30. The van der Waals surface area contributed by atoms with Crippen LogP contribution >= 0.6 is 0 Å². The maximum absolute atomic E-state index is 3.79. The molecule has 0 saturated heterocycles. The van der Waals surface area contributed by atoms with Gasteiger partial charge in [-0.05, 0) is 64.4 Å². The molecule has 1 aromatic rings. The molecule has 0 radical (unpaired) electrons. The van der Waals surface area contributed by atoms with Crippen molar-refractivity contribution in [3.05, 3.63) is 35.4 Å². The van der Waals surface area contributed by atoms with E-state index in [2.05, 4.69) is 55.5 Å². The monoisotopic (exact) mass is 246 g/mol. The molecule has 0 saturated carbocycles. The topological polar surface area (TPSA) is 15.3 Å². The predicted molar refractivity (Wildman–Crippen MR) is 77.9 cm³/mol. The van der Waals surface area contributed by atoms with E-state index in [1.807, 2.05) is 0 Å². The fourth-order valence-electron chi connectivity index (χ4n) is 2.87. The van der Waals surface area contributed by atoms with Crippen LogP contribution in [0.15, 0.2) is 24.3 Å². The Hall–Kier alpha value is -0.860. The molecule has 1 aliphatic carbocycles. The van der Waals surface area contributed by atoms with Crippen LogP contribution < -0.4 is 5.32 Å². The Morgan fingerprint density at radius 3 is 2.89 bits per heavy atom. The zero-order chi connectivity index (χ0) is 13.0. The standard InChI is InChI=1S/C16H26N2/c1-13(7-6-12-18(2)3)17-16-11-10-14-8-4-5-9-15(14)16/h4-5,8-9,13,16-17H,6-7,10-12H2,1-3H3/t13-,16+/m1/s1. The van der Waals surface area contributed by atoms with Crippen LogP contribution in [0, 0.1) is 0 Å². The minimum absolute atomic E-state index is 0.579. The molecule has 0 spiro atoms. The summed E-state index contributed by atoms with van der Waals surface area (Å²) in [5.74, 6) is 0. The van der Waals surface area contributed by atoms with Gasteiger partial charge < -0.3 is 10.2 Å². The molecule has 2 nitrogen and oxygen atoms in total. The maximum atomic E-state index is 3.79. The van der Waals surface area contributed by atoms with Gasteiger partial charge in [-0.25, -0.2) is 0 Å². The first kappa shape index (κ1) is 13.6. The fraction of sp³-hybridized carbons (Fsp3) is 0.625. The Bertz CT molecular complexity index is 373. The highest BCUT2D eigenvalue weighted by atomic mass is 15.0. The summed E-state index contributed by atoms with van der Waals surface area (Å²) in [4.78, 5) is 2.26. The number of hydrogen-bond donors (Lipinski definition) is 1. The lowest BCUT2D eigenvalue weighted by atomic mass is 10.1. The van der Waals surface area contributed by atoms with Crippen molar-refractivity contribution in [1.82, 2.24) is 10.2 Å². The quantitative estimate of drug-likeness (QED) is 0.830. The number of fused-ring (bicyclic) bond motifs is 1. The average molecular weight is 246 g/mol. The van der Waals surface area contributed by atoms with Gasteiger partial charge in [0.15, 0.2) is 0 Å². The third kappa shape index (κ3) is 3.56. The molecule has 2 heteroatoms. The van der Waals surface area contributed by atoms with E-state index in [9.17, 15) is 0 Å². The van der Waals surface area contributed by atoms with Crippen molar-refractivity contribution in [2.75, 3.05) is 20.6 Å². The second-order valence-electron chi connectivity index (χ2n) is 5.80. The molecule has 18 heavy (non-hydrogen) atoms. The first-order valence-electron chi connectivity index (χ1n) is 7.15. The summed E-state index contributed by atoms with van der Waals surface area (Å²) in [5.41, 5.74) is 3.06. The van der Waals surface area contributed by atoms with Crippen LogP contribution in [-0.4, -0.2) is 31.6 Å². The number of hydrogen-bond acceptors (Lipinski definition) is 2. The summed E-state index contributed by atoms with van der Waals surface area (Å²) >= 11 is 0. The number of aryl methyl sites for hydroxylation is 1. The van der Waals surface area contributed by atoms with E-state index in [1.165, 1.54) is 43.4 Å². The smallest absolute Gasteiger partial charge is 0.0328 e. The van der Waals surface area contributed by atoms with Crippen molar-refractivity contribution in [2.45, 2.75) is 44.7 Å². The van der Waals surface area contributed by atoms with Gasteiger partial charge in [-0.15, -0.1) is 0 Å². The number of benzene rings is 1. The molecular formula is C16H26N2. The summed E-state index contributed by atoms with van der Waals surface area (Å²) in [6.07, 6.45) is 5.03. The van der Waals surface area contributed by atoms with Gasteiger partial charge in [0.1, 0.15) is 0 Å². The first-order chi connectivity index (χ1) is 8.66. The van der Waals surface area contributed by atoms with Gasteiger partial charge in [0.2, 0.25) is 0 Å². The molecule has 0 bridgehead atoms. The van der Waals surface area contributed by atoms with E-state index in [4.69, 9.17) is 0 Å². The highest BCUT2D eigenvalue weighted by Gasteiger charge is 2.22. The first-order valence-corrected chi connectivity index (χ1v) is 7.15. The van der Waals surface area contributed by atoms with Crippen molar-refractivity contribution >= 4 is 0 Å². The molecule has 1 aromatic carbocycles. The largest absolute Gasteiger partial charge is 0.309 e. The fourth-order valence-corrected chi connectivity index (χ4v) is 2.87. The van der Waals surface area contributed by atoms with Crippen molar-refractivity contribution < 1.29 is 0 Å². The van der Waals surface area contributed by atoms with Crippen LogP contribution in [0.3, 0.4) is 0 Å². The van der Waals surface area contributed by atoms with Crippen molar-refractivity contribution in [2.24, 2.45) is 0 Å². The molecule has 0 amide bonds. The molecule has 0 unspecified atom stereocenters. The third-order valence-electron chi connectivity index (χ3n) is 3.86.